The third kappa shape index (κ3) is 4.24. The predicted molar refractivity (Wildman–Crippen MR) is 104 cm³/mol. The molecule has 0 atom stereocenters. The van der Waals surface area contributed by atoms with Gasteiger partial charge in [0.05, 0.1) is 6.54 Å². The number of nitrogens with zero attached hydrogens (tertiary/aromatic N) is 5. The van der Waals surface area contributed by atoms with Crippen LogP contribution in [0.25, 0.3) is 11.1 Å². The summed E-state index contributed by atoms with van der Waals surface area (Å²) in [6.07, 6.45) is 0.142. The van der Waals surface area contributed by atoms with Gasteiger partial charge in [0.15, 0.2) is 0 Å². The van der Waals surface area contributed by atoms with Crippen molar-refractivity contribution in [3.8, 4) is 11.1 Å². The van der Waals surface area contributed by atoms with E-state index in [0.29, 0.717) is 18.8 Å². The number of carboxylic acid groups (broad SMARTS) is 1. The van der Waals surface area contributed by atoms with Crippen molar-refractivity contribution in [1.82, 2.24) is 29.9 Å². The molecule has 0 radical (unpaired) electrons. The average Bonchev–Trinajstić information content (AvgIpc) is 3.39. The van der Waals surface area contributed by atoms with Crippen LogP contribution in [0.4, 0.5) is 0 Å². The summed E-state index contributed by atoms with van der Waals surface area (Å²) in [6, 6.07) is 15.6. The van der Waals surface area contributed by atoms with Crippen molar-refractivity contribution < 1.29 is 20.1 Å². The zero-order valence-corrected chi connectivity index (χ0v) is 15.7. The van der Waals surface area contributed by atoms with E-state index in [1.165, 1.54) is 11.0 Å². The topological polar surface area (TPSA) is 150 Å². The fourth-order valence-corrected chi connectivity index (χ4v) is 3.13. The van der Waals surface area contributed by atoms with Gasteiger partial charge >= 0.3 is 5.97 Å². The van der Waals surface area contributed by atoms with Crippen LogP contribution in [-0.4, -0.2) is 51.2 Å². The smallest absolute Gasteiger partial charge is 0.375 e. The Morgan fingerprint density at radius 2 is 1.97 bits per heavy atom. The lowest BCUT2D eigenvalue weighted by molar-refractivity contribution is -0.0494. The third-order valence-corrected chi connectivity index (χ3v) is 4.47. The second-order valence-corrected chi connectivity index (χ2v) is 6.62. The quantitative estimate of drug-likeness (QED) is 0.336. The summed E-state index contributed by atoms with van der Waals surface area (Å²) in [6.45, 7) is 0.416. The van der Waals surface area contributed by atoms with Gasteiger partial charge in [-0.1, -0.05) is 42.5 Å². The molecule has 30 heavy (non-hydrogen) atoms. The third-order valence-electron chi connectivity index (χ3n) is 4.47. The van der Waals surface area contributed by atoms with E-state index in [0.717, 1.165) is 22.3 Å². The zero-order valence-electron chi connectivity index (χ0n) is 15.7. The van der Waals surface area contributed by atoms with E-state index in [9.17, 15) is 4.79 Å². The van der Waals surface area contributed by atoms with Crippen molar-refractivity contribution >= 4 is 5.97 Å². The first-order chi connectivity index (χ1) is 14.5. The number of carbonyl (C=O) groups is 1. The Balaban J connectivity index is 1.59. The van der Waals surface area contributed by atoms with Crippen LogP contribution < -0.4 is 0 Å². The van der Waals surface area contributed by atoms with Crippen molar-refractivity contribution in [1.29, 1.82) is 0 Å². The molecule has 0 bridgehead atoms. The minimum Gasteiger partial charge on any atom is -0.475 e. The highest BCUT2D eigenvalue weighted by atomic mass is 16.5. The summed E-state index contributed by atoms with van der Waals surface area (Å²) in [4.78, 5) is 18.9. The first-order valence-electron chi connectivity index (χ1n) is 9.07. The summed E-state index contributed by atoms with van der Waals surface area (Å²) in [5.74, 6) is -1.02. The molecule has 0 unspecified atom stereocenters. The molecule has 4 aromatic rings. The molecule has 0 aliphatic carbocycles. The lowest BCUT2D eigenvalue weighted by Gasteiger charge is -2.10. The number of benzene rings is 2. The minimum atomic E-state index is -1.71. The summed E-state index contributed by atoms with van der Waals surface area (Å²) in [5, 5.41) is 37.7. The lowest BCUT2D eigenvalue weighted by Crippen LogP contribution is -2.03. The van der Waals surface area contributed by atoms with Crippen molar-refractivity contribution in [2.45, 2.75) is 19.3 Å². The summed E-state index contributed by atoms with van der Waals surface area (Å²) >= 11 is 0. The molecular formula is C20H18N6O4. The Kier molecular flexibility index (Phi) is 5.33. The SMILES string of the molecule is O=C(O)c1n[nH]c(Cc2ccccc2-c2cccc(Cn3cnc(C(O)O)n3)c2)n1. The molecule has 0 aliphatic heterocycles. The fraction of sp³-hybridized carbons (Fsp3) is 0.150. The van der Waals surface area contributed by atoms with Gasteiger partial charge in [-0.2, -0.15) is 5.10 Å². The lowest BCUT2D eigenvalue weighted by atomic mass is 9.96. The van der Waals surface area contributed by atoms with Crippen LogP contribution in [0.1, 0.15) is 39.7 Å². The highest BCUT2D eigenvalue weighted by Crippen LogP contribution is 2.26. The number of rotatable bonds is 7. The van der Waals surface area contributed by atoms with Crippen LogP contribution in [0, 0.1) is 0 Å². The number of H-pyrrole nitrogens is 1. The number of aromatic nitrogens is 6. The maximum absolute atomic E-state index is 11.0. The number of aliphatic hydroxyl groups is 2. The Morgan fingerprint density at radius 1 is 1.13 bits per heavy atom. The molecule has 0 spiro atoms. The normalized spacial score (nSPS) is 11.2. The molecule has 4 rings (SSSR count). The molecule has 0 saturated carbocycles. The van der Waals surface area contributed by atoms with E-state index >= 15 is 0 Å². The van der Waals surface area contributed by atoms with Crippen molar-refractivity contribution in [2.24, 2.45) is 0 Å². The van der Waals surface area contributed by atoms with E-state index in [-0.39, 0.29) is 11.6 Å². The van der Waals surface area contributed by atoms with Gasteiger partial charge in [0.25, 0.3) is 5.82 Å². The molecule has 10 nitrogen and oxygen atoms in total. The van der Waals surface area contributed by atoms with Gasteiger partial charge in [-0.25, -0.2) is 19.4 Å². The summed E-state index contributed by atoms with van der Waals surface area (Å²) in [5.41, 5.74) is 3.88. The van der Waals surface area contributed by atoms with Gasteiger partial charge in [0.1, 0.15) is 12.2 Å². The number of aliphatic hydroxyl groups excluding tert-OH is 1. The number of hydrogen-bond acceptors (Lipinski definition) is 7. The standard InChI is InChI=1S/C20H18N6O4/c27-19(28)17-21-11-26(25-17)10-12-4-3-6-13(8-12)15-7-2-1-5-14(15)9-16-22-18(20(29)30)24-23-16/h1-8,11,19,27-28H,9-10H2,(H,29,30)(H,22,23,24). The monoisotopic (exact) mass is 406 g/mol. The van der Waals surface area contributed by atoms with Gasteiger partial charge in [-0.15, -0.1) is 5.10 Å². The van der Waals surface area contributed by atoms with E-state index in [2.05, 4.69) is 25.3 Å². The van der Waals surface area contributed by atoms with Crippen LogP contribution >= 0.6 is 0 Å². The van der Waals surface area contributed by atoms with Gasteiger partial charge < -0.3 is 15.3 Å². The highest BCUT2D eigenvalue weighted by molar-refractivity contribution is 5.82. The average molecular weight is 406 g/mol. The Morgan fingerprint density at radius 3 is 2.70 bits per heavy atom. The van der Waals surface area contributed by atoms with Crippen molar-refractivity contribution in [3.05, 3.63) is 83.5 Å². The number of aromatic amines is 1. The van der Waals surface area contributed by atoms with Crippen molar-refractivity contribution in [2.75, 3.05) is 0 Å². The zero-order chi connectivity index (χ0) is 21.1. The van der Waals surface area contributed by atoms with Crippen LogP contribution in [0.2, 0.25) is 0 Å². The Hall–Kier alpha value is -3.89. The van der Waals surface area contributed by atoms with Crippen molar-refractivity contribution in [3.63, 3.8) is 0 Å². The number of nitrogens with one attached hydrogen (secondary N) is 1. The van der Waals surface area contributed by atoms with Crippen LogP contribution in [0.3, 0.4) is 0 Å². The molecule has 0 aliphatic rings. The first-order valence-corrected chi connectivity index (χ1v) is 9.07. The first kappa shape index (κ1) is 19.4. The largest absolute Gasteiger partial charge is 0.475 e. The van der Waals surface area contributed by atoms with E-state index in [4.69, 9.17) is 15.3 Å². The molecule has 0 fully saturated rings. The predicted octanol–water partition coefficient (Wildman–Crippen LogP) is 1.38. The minimum absolute atomic E-state index is 0.0516. The van der Waals surface area contributed by atoms with E-state index < -0.39 is 12.3 Å². The van der Waals surface area contributed by atoms with Gasteiger partial charge in [-0.05, 0) is 28.3 Å². The van der Waals surface area contributed by atoms with Gasteiger partial charge in [-0.3, -0.25) is 5.10 Å². The highest BCUT2D eigenvalue weighted by Gasteiger charge is 2.13. The molecule has 0 saturated heterocycles. The second kappa shape index (κ2) is 8.23. The molecule has 152 valence electrons. The molecular weight excluding hydrogens is 388 g/mol. The Bertz CT molecular complexity index is 1180. The van der Waals surface area contributed by atoms with Gasteiger partial charge in [0.2, 0.25) is 12.1 Å². The summed E-state index contributed by atoms with van der Waals surface area (Å²) in [7, 11) is 0. The maximum Gasteiger partial charge on any atom is 0.375 e. The number of hydrogen-bond donors (Lipinski definition) is 4. The van der Waals surface area contributed by atoms with E-state index in [1.54, 1.807) is 0 Å². The molecule has 2 aromatic carbocycles. The van der Waals surface area contributed by atoms with Crippen LogP contribution in [0.5, 0.6) is 0 Å². The van der Waals surface area contributed by atoms with E-state index in [1.807, 2.05) is 48.5 Å². The maximum atomic E-state index is 11.0. The molecule has 4 N–H and O–H groups in total. The Labute approximate surface area is 170 Å². The van der Waals surface area contributed by atoms with Crippen LogP contribution in [0.15, 0.2) is 54.9 Å². The number of carboxylic acids is 1. The van der Waals surface area contributed by atoms with Gasteiger partial charge in [0, 0.05) is 6.42 Å². The van der Waals surface area contributed by atoms with Crippen LogP contribution in [-0.2, 0) is 13.0 Å². The summed E-state index contributed by atoms with van der Waals surface area (Å²) < 4.78 is 1.53. The molecule has 2 aromatic heterocycles. The second-order valence-electron chi connectivity index (χ2n) is 6.62. The molecule has 10 heteroatoms. The molecule has 0 amide bonds. The fourth-order valence-electron chi connectivity index (χ4n) is 3.13. The number of aromatic carboxylic acids is 1. The molecule has 2 heterocycles.